The molecule has 0 spiro atoms. The lowest BCUT2D eigenvalue weighted by molar-refractivity contribution is 0.0695. The molecule has 2 aromatic carbocycles. The van der Waals surface area contributed by atoms with Gasteiger partial charge in [-0.3, -0.25) is 4.79 Å². The van der Waals surface area contributed by atoms with Crippen molar-refractivity contribution in [1.82, 2.24) is 4.90 Å². The van der Waals surface area contributed by atoms with E-state index >= 15 is 0 Å². The molecule has 0 aliphatic carbocycles. The van der Waals surface area contributed by atoms with Gasteiger partial charge in [0.2, 0.25) is 0 Å². The molecule has 0 fully saturated rings. The zero-order valence-corrected chi connectivity index (χ0v) is 15.3. The van der Waals surface area contributed by atoms with Gasteiger partial charge in [0, 0.05) is 17.0 Å². The average Bonchev–Trinajstić information content (AvgIpc) is 3.10. The third kappa shape index (κ3) is 2.79. The maximum Gasteiger partial charge on any atom is 0.254 e. The van der Waals surface area contributed by atoms with Gasteiger partial charge in [-0.15, -0.1) is 11.3 Å². The zero-order chi connectivity index (χ0) is 17.4. The van der Waals surface area contributed by atoms with E-state index < -0.39 is 0 Å². The highest BCUT2D eigenvalue weighted by atomic mass is 32.1. The van der Waals surface area contributed by atoms with Gasteiger partial charge in [-0.05, 0) is 60.0 Å². The Kier molecular flexibility index (Phi) is 4.18. The molecule has 0 radical (unpaired) electrons. The van der Waals surface area contributed by atoms with Crippen molar-refractivity contribution < 1.29 is 4.79 Å². The van der Waals surface area contributed by atoms with Crippen molar-refractivity contribution in [2.75, 3.05) is 6.54 Å². The van der Waals surface area contributed by atoms with E-state index in [2.05, 4.69) is 47.5 Å². The number of carbonyl (C=O) groups excluding carboxylic acids is 1. The lowest BCUT2D eigenvalue weighted by Gasteiger charge is -2.37. The summed E-state index contributed by atoms with van der Waals surface area (Å²) in [4.78, 5) is 16.8. The number of hydrogen-bond donors (Lipinski definition) is 0. The first-order valence-corrected chi connectivity index (χ1v) is 9.53. The summed E-state index contributed by atoms with van der Waals surface area (Å²) >= 11 is 1.80. The molecule has 1 aliphatic rings. The highest BCUT2D eigenvalue weighted by Gasteiger charge is 2.34. The van der Waals surface area contributed by atoms with Crippen LogP contribution in [0.4, 0.5) is 0 Å². The summed E-state index contributed by atoms with van der Waals surface area (Å²) < 4.78 is 0. The number of thiophene rings is 1. The standard InChI is InChI=1S/C22H21NOS/c1-15-7-3-5-9-17(15)21-19-12-14-25-20(19)11-13-23(21)22(24)18-10-6-4-8-16(18)2/h3-10,12,14,21H,11,13H2,1-2H3. The molecule has 25 heavy (non-hydrogen) atoms. The van der Waals surface area contributed by atoms with E-state index in [0.29, 0.717) is 0 Å². The number of hydrogen-bond acceptors (Lipinski definition) is 2. The van der Waals surface area contributed by atoms with Crippen molar-refractivity contribution in [3.63, 3.8) is 0 Å². The SMILES string of the molecule is Cc1ccccc1C(=O)N1CCc2sccc2C1c1ccccc1C. The van der Waals surface area contributed by atoms with Gasteiger partial charge < -0.3 is 4.90 Å². The second-order valence-electron chi connectivity index (χ2n) is 6.62. The van der Waals surface area contributed by atoms with Crippen LogP contribution in [0.25, 0.3) is 0 Å². The van der Waals surface area contributed by atoms with Crippen molar-refractivity contribution >= 4 is 17.2 Å². The molecule has 126 valence electrons. The molecule has 3 aromatic rings. The van der Waals surface area contributed by atoms with E-state index in [1.54, 1.807) is 11.3 Å². The summed E-state index contributed by atoms with van der Waals surface area (Å²) in [5.74, 6) is 0.128. The zero-order valence-electron chi connectivity index (χ0n) is 14.5. The first kappa shape index (κ1) is 16.1. The topological polar surface area (TPSA) is 20.3 Å². The number of benzene rings is 2. The Bertz CT molecular complexity index is 927. The van der Waals surface area contributed by atoms with Gasteiger partial charge >= 0.3 is 0 Å². The van der Waals surface area contributed by atoms with Crippen molar-refractivity contribution in [3.05, 3.63) is 92.7 Å². The van der Waals surface area contributed by atoms with E-state index in [4.69, 9.17) is 0 Å². The van der Waals surface area contributed by atoms with Gasteiger partial charge in [0.05, 0.1) is 6.04 Å². The second-order valence-corrected chi connectivity index (χ2v) is 7.62. The largest absolute Gasteiger partial charge is 0.327 e. The highest BCUT2D eigenvalue weighted by molar-refractivity contribution is 7.10. The summed E-state index contributed by atoms with van der Waals surface area (Å²) in [7, 11) is 0. The van der Waals surface area contributed by atoms with Crippen LogP contribution >= 0.6 is 11.3 Å². The molecule has 1 unspecified atom stereocenters. The van der Waals surface area contributed by atoms with Crippen molar-refractivity contribution in [2.45, 2.75) is 26.3 Å². The Morgan fingerprint density at radius 2 is 1.68 bits per heavy atom. The summed E-state index contributed by atoms with van der Waals surface area (Å²) in [6, 6.07) is 18.5. The van der Waals surface area contributed by atoms with Gasteiger partial charge in [0.1, 0.15) is 0 Å². The first-order chi connectivity index (χ1) is 12.2. The number of carbonyl (C=O) groups is 1. The Labute approximate surface area is 152 Å². The first-order valence-electron chi connectivity index (χ1n) is 8.65. The smallest absolute Gasteiger partial charge is 0.254 e. The van der Waals surface area contributed by atoms with E-state index in [9.17, 15) is 4.79 Å². The summed E-state index contributed by atoms with van der Waals surface area (Å²) in [5, 5.41) is 2.15. The normalized spacial score (nSPS) is 16.6. The molecule has 1 aromatic heterocycles. The summed E-state index contributed by atoms with van der Waals surface area (Å²) in [5.41, 5.74) is 5.58. The molecule has 3 heteroatoms. The van der Waals surface area contributed by atoms with E-state index in [0.717, 1.165) is 24.1 Å². The molecule has 4 rings (SSSR count). The maximum atomic E-state index is 13.4. The molecule has 0 saturated heterocycles. The van der Waals surface area contributed by atoms with Crippen LogP contribution in [0.15, 0.2) is 60.0 Å². The van der Waals surface area contributed by atoms with Crippen LogP contribution < -0.4 is 0 Å². The summed E-state index contributed by atoms with van der Waals surface area (Å²) in [6.45, 7) is 4.90. The molecule has 2 nitrogen and oxygen atoms in total. The fraction of sp³-hybridized carbons (Fsp3) is 0.227. The van der Waals surface area contributed by atoms with Crippen molar-refractivity contribution in [2.24, 2.45) is 0 Å². The van der Waals surface area contributed by atoms with Crippen molar-refractivity contribution in [3.8, 4) is 0 Å². The Balaban J connectivity index is 1.83. The monoisotopic (exact) mass is 347 g/mol. The van der Waals surface area contributed by atoms with Gasteiger partial charge in [0.25, 0.3) is 5.91 Å². The van der Waals surface area contributed by atoms with Crippen molar-refractivity contribution in [1.29, 1.82) is 0 Å². The number of fused-ring (bicyclic) bond motifs is 1. The van der Waals surface area contributed by atoms with Gasteiger partial charge in [-0.1, -0.05) is 42.5 Å². The fourth-order valence-electron chi connectivity index (χ4n) is 3.73. The molecular weight excluding hydrogens is 326 g/mol. The second kappa shape index (κ2) is 6.49. The maximum absolute atomic E-state index is 13.4. The molecule has 1 atom stereocenters. The number of aryl methyl sites for hydroxylation is 2. The molecule has 1 aliphatic heterocycles. The Morgan fingerprint density at radius 1 is 0.960 bits per heavy atom. The molecule has 2 heterocycles. The minimum Gasteiger partial charge on any atom is -0.327 e. The Hall–Kier alpha value is -2.39. The lowest BCUT2D eigenvalue weighted by Crippen LogP contribution is -2.40. The van der Waals surface area contributed by atoms with Crippen LogP contribution in [0, 0.1) is 13.8 Å². The summed E-state index contributed by atoms with van der Waals surface area (Å²) in [6.07, 6.45) is 0.938. The van der Waals surface area contributed by atoms with Crippen LogP contribution in [-0.4, -0.2) is 17.4 Å². The van der Waals surface area contributed by atoms with Crippen LogP contribution in [-0.2, 0) is 6.42 Å². The fourth-order valence-corrected chi connectivity index (χ4v) is 4.64. The van der Waals surface area contributed by atoms with Crippen LogP contribution in [0.5, 0.6) is 0 Å². The molecule has 0 bridgehead atoms. The quantitative estimate of drug-likeness (QED) is 0.627. The van der Waals surface area contributed by atoms with E-state index in [1.807, 2.05) is 31.2 Å². The van der Waals surface area contributed by atoms with E-state index in [1.165, 1.54) is 21.6 Å². The third-order valence-corrected chi connectivity index (χ3v) is 6.08. The van der Waals surface area contributed by atoms with E-state index in [-0.39, 0.29) is 11.9 Å². The van der Waals surface area contributed by atoms with Gasteiger partial charge in [-0.25, -0.2) is 0 Å². The molecule has 0 N–H and O–H groups in total. The highest BCUT2D eigenvalue weighted by Crippen LogP contribution is 2.39. The number of amides is 1. The Morgan fingerprint density at radius 3 is 2.44 bits per heavy atom. The van der Waals surface area contributed by atoms with Crippen LogP contribution in [0.2, 0.25) is 0 Å². The average molecular weight is 347 g/mol. The molecular formula is C22H21NOS. The minimum atomic E-state index is 0.00306. The van der Waals surface area contributed by atoms with Gasteiger partial charge in [-0.2, -0.15) is 0 Å². The lowest BCUT2D eigenvalue weighted by atomic mass is 9.90. The molecule has 0 saturated carbocycles. The molecule has 1 amide bonds. The minimum absolute atomic E-state index is 0.00306. The van der Waals surface area contributed by atoms with Crippen LogP contribution in [0.1, 0.15) is 43.5 Å². The van der Waals surface area contributed by atoms with Gasteiger partial charge in [0.15, 0.2) is 0 Å². The third-order valence-electron chi connectivity index (χ3n) is 5.09. The number of rotatable bonds is 2. The number of nitrogens with zero attached hydrogens (tertiary/aromatic N) is 1. The van der Waals surface area contributed by atoms with Crippen LogP contribution in [0.3, 0.4) is 0 Å². The predicted octanol–water partition coefficient (Wildman–Crippen LogP) is 5.15. The predicted molar refractivity (Wildman–Crippen MR) is 103 cm³/mol.